The molecule has 14 heavy (non-hydrogen) atoms. The molecule has 0 aliphatic rings. The highest BCUT2D eigenvalue weighted by molar-refractivity contribution is 7.98. The lowest BCUT2D eigenvalue weighted by atomic mass is 10.1. The van der Waals surface area contributed by atoms with E-state index in [4.69, 9.17) is 0 Å². The Morgan fingerprint density at radius 2 is 2.07 bits per heavy atom. The first-order valence-electron chi connectivity index (χ1n) is 4.77. The summed E-state index contributed by atoms with van der Waals surface area (Å²) in [6.45, 7) is 1.84. The van der Waals surface area contributed by atoms with E-state index >= 15 is 0 Å². The smallest absolute Gasteiger partial charge is 0.126 e. The first-order chi connectivity index (χ1) is 6.84. The minimum absolute atomic E-state index is 0.0980. The van der Waals surface area contributed by atoms with Gasteiger partial charge in [-0.2, -0.15) is 11.8 Å². The summed E-state index contributed by atoms with van der Waals surface area (Å²) < 4.78 is 13.1. The predicted octanol–water partition coefficient (Wildman–Crippen LogP) is 2.32. The lowest BCUT2D eigenvalue weighted by Gasteiger charge is -2.04. The first kappa shape index (κ1) is 11.5. The zero-order valence-electron chi connectivity index (χ0n) is 8.42. The molecular weight excluding hydrogens is 197 g/mol. The summed E-state index contributed by atoms with van der Waals surface area (Å²) in [5.41, 5.74) is 0.796. The third kappa shape index (κ3) is 4.11. The Kier molecular flexibility index (Phi) is 5.64. The summed E-state index contributed by atoms with van der Waals surface area (Å²) in [6.07, 6.45) is 2.85. The van der Waals surface area contributed by atoms with Crippen LogP contribution in [0.1, 0.15) is 5.56 Å². The molecule has 1 aromatic rings. The van der Waals surface area contributed by atoms with Gasteiger partial charge in [0, 0.05) is 12.3 Å². The number of hydrogen-bond donors (Lipinski definition) is 1. The van der Waals surface area contributed by atoms with Crippen molar-refractivity contribution in [2.24, 2.45) is 0 Å². The maximum absolute atomic E-state index is 13.1. The molecule has 0 amide bonds. The van der Waals surface area contributed by atoms with Crippen molar-refractivity contribution in [1.82, 2.24) is 5.32 Å². The standard InChI is InChI=1S/C11H16FNS/c1-14-9-8-13-7-6-10-4-2-3-5-11(10)12/h2-5,13H,6-9H2,1H3. The second-order valence-electron chi connectivity index (χ2n) is 3.08. The summed E-state index contributed by atoms with van der Waals surface area (Å²) >= 11 is 1.81. The Morgan fingerprint density at radius 1 is 1.29 bits per heavy atom. The monoisotopic (exact) mass is 213 g/mol. The third-order valence-corrected chi connectivity index (χ3v) is 2.62. The Hall–Kier alpha value is -0.540. The van der Waals surface area contributed by atoms with E-state index < -0.39 is 0 Å². The number of hydrogen-bond acceptors (Lipinski definition) is 2. The quantitative estimate of drug-likeness (QED) is 0.728. The minimum atomic E-state index is -0.0980. The van der Waals surface area contributed by atoms with Gasteiger partial charge in [0.2, 0.25) is 0 Å². The summed E-state index contributed by atoms with van der Waals surface area (Å²) in [7, 11) is 0. The highest BCUT2D eigenvalue weighted by Gasteiger charge is 1.98. The van der Waals surface area contributed by atoms with Crippen molar-refractivity contribution in [2.75, 3.05) is 25.1 Å². The second kappa shape index (κ2) is 6.85. The Balaban J connectivity index is 2.21. The fourth-order valence-corrected chi connectivity index (χ4v) is 1.57. The topological polar surface area (TPSA) is 12.0 Å². The molecule has 0 heterocycles. The van der Waals surface area contributed by atoms with Gasteiger partial charge in [0.15, 0.2) is 0 Å². The molecule has 0 saturated heterocycles. The molecule has 1 N–H and O–H groups in total. The van der Waals surface area contributed by atoms with Crippen LogP contribution in [0, 0.1) is 5.82 Å². The molecular formula is C11H16FNS. The van der Waals surface area contributed by atoms with E-state index in [2.05, 4.69) is 11.6 Å². The molecule has 1 nitrogen and oxygen atoms in total. The second-order valence-corrected chi connectivity index (χ2v) is 4.07. The lowest BCUT2D eigenvalue weighted by molar-refractivity contribution is 0.601. The van der Waals surface area contributed by atoms with Gasteiger partial charge in [0.25, 0.3) is 0 Å². The summed E-state index contributed by atoms with van der Waals surface area (Å²) in [5.74, 6) is 1.01. The third-order valence-electron chi connectivity index (χ3n) is 2.01. The minimum Gasteiger partial charge on any atom is -0.316 e. The summed E-state index contributed by atoms with van der Waals surface area (Å²) in [4.78, 5) is 0. The first-order valence-corrected chi connectivity index (χ1v) is 6.17. The van der Waals surface area contributed by atoms with Crippen LogP contribution in [0.25, 0.3) is 0 Å². The number of benzene rings is 1. The van der Waals surface area contributed by atoms with E-state index in [0.29, 0.717) is 0 Å². The van der Waals surface area contributed by atoms with Crippen molar-refractivity contribution >= 4 is 11.8 Å². The predicted molar refractivity (Wildman–Crippen MR) is 61.4 cm³/mol. The highest BCUT2D eigenvalue weighted by Crippen LogP contribution is 2.05. The van der Waals surface area contributed by atoms with Crippen LogP contribution in [-0.4, -0.2) is 25.1 Å². The maximum Gasteiger partial charge on any atom is 0.126 e. The molecule has 0 aliphatic carbocycles. The Labute approximate surface area is 89.1 Å². The maximum atomic E-state index is 13.1. The van der Waals surface area contributed by atoms with Crippen LogP contribution in [0.15, 0.2) is 24.3 Å². The lowest BCUT2D eigenvalue weighted by Crippen LogP contribution is -2.20. The summed E-state index contributed by atoms with van der Waals surface area (Å²) in [6, 6.07) is 6.95. The van der Waals surface area contributed by atoms with Gasteiger partial charge in [-0.05, 0) is 30.9 Å². The van der Waals surface area contributed by atoms with Crippen LogP contribution in [0.5, 0.6) is 0 Å². The van der Waals surface area contributed by atoms with Crippen LogP contribution in [0.4, 0.5) is 4.39 Å². The van der Waals surface area contributed by atoms with Gasteiger partial charge in [-0.1, -0.05) is 18.2 Å². The van der Waals surface area contributed by atoms with Crippen molar-refractivity contribution in [3.8, 4) is 0 Å². The number of rotatable bonds is 6. The van der Waals surface area contributed by atoms with E-state index in [0.717, 1.165) is 30.8 Å². The number of thioether (sulfide) groups is 1. The van der Waals surface area contributed by atoms with Crippen molar-refractivity contribution in [3.63, 3.8) is 0 Å². The van der Waals surface area contributed by atoms with Crippen LogP contribution in [0.2, 0.25) is 0 Å². The molecule has 0 aliphatic heterocycles. The van der Waals surface area contributed by atoms with Crippen molar-refractivity contribution in [2.45, 2.75) is 6.42 Å². The molecule has 0 spiro atoms. The van der Waals surface area contributed by atoms with Gasteiger partial charge >= 0.3 is 0 Å². The van der Waals surface area contributed by atoms with Gasteiger partial charge in [-0.3, -0.25) is 0 Å². The van der Waals surface area contributed by atoms with Gasteiger partial charge in [0.1, 0.15) is 5.82 Å². The van der Waals surface area contributed by atoms with Crippen LogP contribution < -0.4 is 5.32 Å². The van der Waals surface area contributed by atoms with Crippen molar-refractivity contribution in [1.29, 1.82) is 0 Å². The van der Waals surface area contributed by atoms with E-state index in [9.17, 15) is 4.39 Å². The average molecular weight is 213 g/mol. The largest absolute Gasteiger partial charge is 0.316 e. The number of nitrogens with one attached hydrogen (secondary N) is 1. The molecule has 0 aromatic heterocycles. The molecule has 0 radical (unpaired) electrons. The molecule has 3 heteroatoms. The highest BCUT2D eigenvalue weighted by atomic mass is 32.2. The molecule has 0 saturated carbocycles. The van der Waals surface area contributed by atoms with E-state index in [1.165, 1.54) is 6.07 Å². The van der Waals surface area contributed by atoms with Gasteiger partial charge in [-0.15, -0.1) is 0 Å². The Bertz CT molecular complexity index is 265. The zero-order chi connectivity index (χ0) is 10.2. The number of halogens is 1. The molecule has 1 aromatic carbocycles. The SMILES string of the molecule is CSCCNCCc1ccccc1F. The molecule has 1 rings (SSSR count). The molecule has 0 unspecified atom stereocenters. The van der Waals surface area contributed by atoms with Gasteiger partial charge < -0.3 is 5.32 Å². The van der Waals surface area contributed by atoms with Crippen molar-refractivity contribution < 1.29 is 4.39 Å². The van der Waals surface area contributed by atoms with Crippen LogP contribution >= 0.6 is 11.8 Å². The van der Waals surface area contributed by atoms with E-state index in [1.807, 2.05) is 23.9 Å². The van der Waals surface area contributed by atoms with Crippen molar-refractivity contribution in [3.05, 3.63) is 35.6 Å². The normalized spacial score (nSPS) is 10.4. The molecule has 78 valence electrons. The van der Waals surface area contributed by atoms with Crippen LogP contribution in [0.3, 0.4) is 0 Å². The fraction of sp³-hybridized carbons (Fsp3) is 0.455. The fourth-order valence-electron chi connectivity index (χ4n) is 1.22. The molecule has 0 fully saturated rings. The summed E-state index contributed by atoms with van der Waals surface area (Å²) in [5, 5.41) is 3.27. The molecule has 0 atom stereocenters. The van der Waals surface area contributed by atoms with Crippen LogP contribution in [-0.2, 0) is 6.42 Å². The van der Waals surface area contributed by atoms with E-state index in [1.54, 1.807) is 6.07 Å². The average Bonchev–Trinajstić information content (AvgIpc) is 2.20. The Morgan fingerprint density at radius 3 is 2.79 bits per heavy atom. The molecule has 0 bridgehead atoms. The van der Waals surface area contributed by atoms with E-state index in [-0.39, 0.29) is 5.82 Å². The van der Waals surface area contributed by atoms with Gasteiger partial charge in [0.05, 0.1) is 0 Å². The zero-order valence-corrected chi connectivity index (χ0v) is 9.24. The van der Waals surface area contributed by atoms with Gasteiger partial charge in [-0.25, -0.2) is 4.39 Å².